The first-order chi connectivity index (χ1) is 6.79. The predicted molar refractivity (Wildman–Crippen MR) is 64.4 cm³/mol. The van der Waals surface area contributed by atoms with Crippen LogP contribution >= 0.6 is 22.7 Å². The Kier molecular flexibility index (Phi) is 4.96. The van der Waals surface area contributed by atoms with Gasteiger partial charge in [-0.25, -0.2) is 0 Å². The van der Waals surface area contributed by atoms with Crippen molar-refractivity contribution in [2.24, 2.45) is 0 Å². The van der Waals surface area contributed by atoms with Crippen molar-refractivity contribution in [2.75, 3.05) is 0 Å². The van der Waals surface area contributed by atoms with E-state index in [1.165, 1.54) is 31.3 Å². The van der Waals surface area contributed by atoms with Crippen LogP contribution < -0.4 is 0 Å². The van der Waals surface area contributed by atoms with Gasteiger partial charge in [-0.05, 0) is 0 Å². The Morgan fingerprint density at radius 1 is 0.812 bits per heavy atom. The Balaban J connectivity index is 0.000000640. The normalized spacial score (nSPS) is 10.1. The van der Waals surface area contributed by atoms with E-state index < -0.39 is 0 Å². The van der Waals surface area contributed by atoms with E-state index in [4.69, 9.17) is 0 Å². The molecule has 0 aliphatic rings. The van der Waals surface area contributed by atoms with Gasteiger partial charge in [0.05, 0.1) is 0 Å². The Morgan fingerprint density at radius 2 is 1.19 bits per heavy atom. The van der Waals surface area contributed by atoms with Gasteiger partial charge in [0.2, 0.25) is 0 Å². The van der Waals surface area contributed by atoms with Crippen LogP contribution in [0, 0.1) is 24.6 Å². The van der Waals surface area contributed by atoms with E-state index in [0.29, 0.717) is 0 Å². The zero-order chi connectivity index (χ0) is 9.71. The number of hydrogen-bond donors (Lipinski definition) is 0. The largest absolute Gasteiger partial charge is 0.296 e. The second kappa shape index (κ2) is 5.44. The van der Waals surface area contributed by atoms with Gasteiger partial charge in [0.25, 0.3) is 0 Å². The van der Waals surface area contributed by atoms with Gasteiger partial charge in [-0.15, -0.1) is 20.2 Å². The molecule has 2 heterocycles. The molecule has 4 heteroatoms. The van der Waals surface area contributed by atoms with Crippen LogP contribution in [0.1, 0.15) is 11.1 Å². The van der Waals surface area contributed by atoms with Gasteiger partial charge in [0.1, 0.15) is 0 Å². The number of hydrogen-bond acceptors (Lipinski definition) is 2. The molecule has 0 aliphatic heterocycles. The Hall–Kier alpha value is 0.517. The summed E-state index contributed by atoms with van der Waals surface area (Å²) >= 11 is 3.42. The minimum absolute atomic E-state index is 0. The standard InChI is InChI=1S/C12H8S2.2W/c1-7-9-3-5-14-12(9)8(2)10-4-6-13-11(7)10;;/h3-4H,1-2H3;;/q-2;;. The Bertz CT molecular complexity index is 520. The van der Waals surface area contributed by atoms with Crippen LogP contribution in [-0.2, 0) is 42.1 Å². The smallest absolute Gasteiger partial charge is 0 e. The third-order valence-electron chi connectivity index (χ3n) is 2.71. The van der Waals surface area contributed by atoms with Crippen LogP contribution in [0.25, 0.3) is 20.2 Å². The number of rotatable bonds is 0. The first kappa shape index (κ1) is 14.6. The van der Waals surface area contributed by atoms with E-state index in [1.807, 2.05) is 0 Å². The summed E-state index contributed by atoms with van der Waals surface area (Å²) in [5, 5.41) is 9.15. The van der Waals surface area contributed by atoms with Gasteiger partial charge >= 0.3 is 0 Å². The van der Waals surface area contributed by atoms with Crippen molar-refractivity contribution in [1.29, 1.82) is 0 Å². The van der Waals surface area contributed by atoms with Crippen LogP contribution in [0.5, 0.6) is 0 Å². The van der Waals surface area contributed by atoms with Crippen LogP contribution in [0.2, 0.25) is 0 Å². The molecular weight excluding hydrogens is 576 g/mol. The first-order valence-electron chi connectivity index (χ1n) is 4.47. The molecule has 0 spiro atoms. The van der Waals surface area contributed by atoms with Crippen molar-refractivity contribution in [3.05, 3.63) is 34.0 Å². The molecule has 0 aliphatic carbocycles. The summed E-state index contributed by atoms with van der Waals surface area (Å²) in [7, 11) is 0. The van der Waals surface area contributed by atoms with E-state index >= 15 is 0 Å². The average Bonchev–Trinajstić information content (AvgIpc) is 2.82. The van der Waals surface area contributed by atoms with Gasteiger partial charge in [0.15, 0.2) is 0 Å². The number of aryl methyl sites for hydroxylation is 2. The van der Waals surface area contributed by atoms with Gasteiger partial charge in [0, 0.05) is 42.1 Å². The molecule has 16 heavy (non-hydrogen) atoms. The summed E-state index contributed by atoms with van der Waals surface area (Å²) in [6, 6.07) is 4.20. The quantitative estimate of drug-likeness (QED) is 0.346. The average molecular weight is 584 g/mol. The summed E-state index contributed by atoms with van der Waals surface area (Å²) in [6.45, 7) is 4.38. The number of fused-ring (bicyclic) bond motifs is 2. The van der Waals surface area contributed by atoms with Crippen LogP contribution in [-0.4, -0.2) is 0 Å². The molecule has 0 unspecified atom stereocenters. The summed E-state index contributed by atoms with van der Waals surface area (Å²) in [6.07, 6.45) is 0. The Labute approximate surface area is 132 Å². The molecule has 0 radical (unpaired) electrons. The minimum atomic E-state index is 0. The Morgan fingerprint density at radius 3 is 1.56 bits per heavy atom. The molecule has 0 saturated carbocycles. The molecule has 0 bridgehead atoms. The zero-order valence-electron chi connectivity index (χ0n) is 8.79. The fourth-order valence-corrected chi connectivity index (χ4v) is 3.65. The maximum absolute atomic E-state index is 3.22. The second-order valence-electron chi connectivity index (χ2n) is 3.46. The van der Waals surface area contributed by atoms with E-state index in [1.54, 1.807) is 22.7 Å². The zero-order valence-corrected chi connectivity index (χ0v) is 16.3. The second-order valence-corrected chi connectivity index (χ2v) is 5.16. The van der Waals surface area contributed by atoms with Crippen molar-refractivity contribution in [2.45, 2.75) is 13.8 Å². The molecule has 3 aromatic rings. The number of thiophene rings is 2. The van der Waals surface area contributed by atoms with Crippen molar-refractivity contribution >= 4 is 42.8 Å². The maximum Gasteiger partial charge on any atom is 0 e. The van der Waals surface area contributed by atoms with Crippen LogP contribution in [0.3, 0.4) is 0 Å². The van der Waals surface area contributed by atoms with Crippen molar-refractivity contribution in [3.8, 4) is 0 Å². The molecule has 0 amide bonds. The van der Waals surface area contributed by atoms with E-state index in [-0.39, 0.29) is 42.1 Å². The molecule has 82 valence electrons. The molecule has 2 aromatic heterocycles. The van der Waals surface area contributed by atoms with Crippen LogP contribution in [0.15, 0.2) is 12.1 Å². The van der Waals surface area contributed by atoms with Gasteiger partial charge in [-0.3, -0.25) is 22.7 Å². The monoisotopic (exact) mass is 584 g/mol. The predicted octanol–water partition coefficient (Wildman–Crippen LogP) is 4.33. The van der Waals surface area contributed by atoms with Gasteiger partial charge in [-0.1, -0.05) is 13.8 Å². The van der Waals surface area contributed by atoms with E-state index in [9.17, 15) is 0 Å². The SMILES string of the molecule is Cc1c2c[c-]sc2c(C)c2c[c-]sc12.[W].[W]. The minimum Gasteiger partial charge on any atom is -0.296 e. The van der Waals surface area contributed by atoms with Gasteiger partial charge < -0.3 is 0 Å². The topological polar surface area (TPSA) is 0 Å². The molecular formula is C12H8S2W2-2. The summed E-state index contributed by atoms with van der Waals surface area (Å²) in [5.74, 6) is 0. The van der Waals surface area contributed by atoms with Crippen LogP contribution in [0.4, 0.5) is 0 Å². The maximum atomic E-state index is 3.22. The first-order valence-corrected chi connectivity index (χ1v) is 6.10. The fraction of sp³-hybridized carbons (Fsp3) is 0.167. The van der Waals surface area contributed by atoms with Crippen molar-refractivity contribution < 1.29 is 42.1 Å². The van der Waals surface area contributed by atoms with E-state index in [2.05, 4.69) is 36.7 Å². The molecule has 0 N–H and O–H groups in total. The molecule has 0 fully saturated rings. The molecule has 1 aromatic carbocycles. The third kappa shape index (κ3) is 1.99. The van der Waals surface area contributed by atoms with Crippen molar-refractivity contribution in [3.63, 3.8) is 0 Å². The van der Waals surface area contributed by atoms with Gasteiger partial charge in [-0.2, -0.15) is 34.0 Å². The molecule has 3 rings (SSSR count). The summed E-state index contributed by atoms with van der Waals surface area (Å²) in [5.41, 5.74) is 2.76. The summed E-state index contributed by atoms with van der Waals surface area (Å²) in [4.78, 5) is 0. The molecule has 0 atom stereocenters. The number of benzene rings is 1. The molecule has 0 saturated heterocycles. The third-order valence-corrected chi connectivity index (χ3v) is 4.64. The molecule has 0 nitrogen and oxygen atoms in total. The van der Waals surface area contributed by atoms with Crippen molar-refractivity contribution in [1.82, 2.24) is 0 Å². The fourth-order valence-electron chi connectivity index (χ4n) is 1.89. The van der Waals surface area contributed by atoms with E-state index in [0.717, 1.165) is 0 Å². The summed E-state index contributed by atoms with van der Waals surface area (Å²) < 4.78 is 2.75.